The first-order chi connectivity index (χ1) is 17.5. The molecule has 0 bridgehead atoms. The van der Waals surface area contributed by atoms with Gasteiger partial charge in [-0.2, -0.15) is 0 Å². The molecule has 0 heterocycles. The van der Waals surface area contributed by atoms with Crippen molar-refractivity contribution in [2.75, 3.05) is 20.3 Å². The van der Waals surface area contributed by atoms with E-state index in [1.165, 1.54) is 0 Å². The van der Waals surface area contributed by atoms with Crippen molar-refractivity contribution in [3.63, 3.8) is 0 Å². The molecule has 0 aliphatic carbocycles. The van der Waals surface area contributed by atoms with Crippen LogP contribution in [0.15, 0.2) is 78.9 Å². The normalized spacial score (nSPS) is 11.4. The fraction of sp³-hybridized carbons (Fsp3) is 0.310. The monoisotopic (exact) mass is 508 g/mol. The lowest BCUT2D eigenvalue weighted by Crippen LogP contribution is -2.50. The molecule has 190 valence electrons. The number of halogens is 1. The molecule has 0 spiro atoms. The van der Waals surface area contributed by atoms with Gasteiger partial charge in [0, 0.05) is 31.0 Å². The SMILES string of the molecule is CCNC(=O)C(Cc1ccccc1)N(Cc1ccccc1Cl)C(=O)CCCOc1ccc(OC)cc1. The molecule has 0 saturated carbocycles. The Labute approximate surface area is 218 Å². The minimum atomic E-state index is -0.668. The first-order valence-corrected chi connectivity index (χ1v) is 12.5. The minimum Gasteiger partial charge on any atom is -0.497 e. The highest BCUT2D eigenvalue weighted by Gasteiger charge is 2.30. The molecule has 3 aromatic rings. The topological polar surface area (TPSA) is 67.9 Å². The Morgan fingerprint density at radius 2 is 1.61 bits per heavy atom. The molecule has 0 saturated heterocycles. The summed E-state index contributed by atoms with van der Waals surface area (Å²) in [5.41, 5.74) is 1.78. The predicted octanol–water partition coefficient (Wildman–Crippen LogP) is 5.28. The van der Waals surface area contributed by atoms with Gasteiger partial charge in [-0.05, 0) is 54.8 Å². The number of rotatable bonds is 13. The van der Waals surface area contributed by atoms with Crippen molar-refractivity contribution in [1.29, 1.82) is 0 Å². The molecule has 2 amide bonds. The molecule has 1 N–H and O–H groups in total. The van der Waals surface area contributed by atoms with Crippen molar-refractivity contribution >= 4 is 23.4 Å². The van der Waals surface area contributed by atoms with Crippen LogP contribution in [0.25, 0.3) is 0 Å². The molecule has 36 heavy (non-hydrogen) atoms. The number of nitrogens with one attached hydrogen (secondary N) is 1. The van der Waals surface area contributed by atoms with Crippen LogP contribution in [0, 0.1) is 0 Å². The van der Waals surface area contributed by atoms with Crippen LogP contribution in [0.1, 0.15) is 30.9 Å². The first-order valence-electron chi connectivity index (χ1n) is 12.1. The van der Waals surface area contributed by atoms with Crippen molar-refractivity contribution in [1.82, 2.24) is 10.2 Å². The van der Waals surface area contributed by atoms with Gasteiger partial charge in [-0.25, -0.2) is 0 Å². The molecule has 0 aliphatic rings. The van der Waals surface area contributed by atoms with Crippen LogP contribution in [0.2, 0.25) is 5.02 Å². The largest absolute Gasteiger partial charge is 0.497 e. The van der Waals surface area contributed by atoms with E-state index < -0.39 is 6.04 Å². The zero-order chi connectivity index (χ0) is 25.8. The molecule has 0 aliphatic heterocycles. The first kappa shape index (κ1) is 27.1. The highest BCUT2D eigenvalue weighted by Crippen LogP contribution is 2.22. The van der Waals surface area contributed by atoms with E-state index in [4.69, 9.17) is 21.1 Å². The van der Waals surface area contributed by atoms with Gasteiger partial charge in [-0.1, -0.05) is 60.1 Å². The van der Waals surface area contributed by atoms with E-state index in [9.17, 15) is 9.59 Å². The lowest BCUT2D eigenvalue weighted by Gasteiger charge is -2.32. The summed E-state index contributed by atoms with van der Waals surface area (Å²) in [6.07, 6.45) is 1.16. The third-order valence-electron chi connectivity index (χ3n) is 5.78. The summed E-state index contributed by atoms with van der Waals surface area (Å²) in [5, 5.41) is 3.46. The van der Waals surface area contributed by atoms with Gasteiger partial charge in [-0.3, -0.25) is 9.59 Å². The minimum absolute atomic E-state index is 0.125. The van der Waals surface area contributed by atoms with Gasteiger partial charge in [-0.15, -0.1) is 0 Å². The third-order valence-corrected chi connectivity index (χ3v) is 6.15. The summed E-state index contributed by atoms with van der Waals surface area (Å²) in [4.78, 5) is 28.3. The Bertz CT molecular complexity index is 1110. The average molecular weight is 509 g/mol. The number of amides is 2. The van der Waals surface area contributed by atoms with Crippen LogP contribution >= 0.6 is 11.6 Å². The lowest BCUT2D eigenvalue weighted by atomic mass is 10.0. The van der Waals surface area contributed by atoms with Gasteiger partial charge in [0.05, 0.1) is 13.7 Å². The molecule has 7 heteroatoms. The summed E-state index contributed by atoms with van der Waals surface area (Å²) < 4.78 is 11.0. The second kappa shape index (κ2) is 14.1. The van der Waals surface area contributed by atoms with Crippen LogP contribution in [-0.4, -0.2) is 43.0 Å². The fourth-order valence-corrected chi connectivity index (χ4v) is 4.08. The molecule has 0 radical (unpaired) electrons. The number of likely N-dealkylation sites (N-methyl/N-ethyl adjacent to an activating group) is 1. The Morgan fingerprint density at radius 3 is 2.28 bits per heavy atom. The number of ether oxygens (including phenoxy) is 2. The van der Waals surface area contributed by atoms with E-state index in [1.807, 2.05) is 79.7 Å². The standard InChI is InChI=1S/C29H33ClN2O4/c1-3-31-29(34)27(20-22-10-5-4-6-11-22)32(21-23-12-7-8-13-26(23)30)28(33)14-9-19-36-25-17-15-24(35-2)16-18-25/h4-8,10-13,15-18,27H,3,9,14,19-21H2,1-2H3,(H,31,34). The van der Waals surface area contributed by atoms with Crippen LogP contribution in [0.5, 0.6) is 11.5 Å². The molecule has 6 nitrogen and oxygen atoms in total. The van der Waals surface area contributed by atoms with E-state index >= 15 is 0 Å². The highest BCUT2D eigenvalue weighted by atomic mass is 35.5. The van der Waals surface area contributed by atoms with Crippen molar-refractivity contribution in [2.24, 2.45) is 0 Å². The molecule has 0 aromatic heterocycles. The highest BCUT2D eigenvalue weighted by molar-refractivity contribution is 6.31. The molecule has 1 atom stereocenters. The molecule has 3 rings (SSSR count). The predicted molar refractivity (Wildman–Crippen MR) is 142 cm³/mol. The van der Waals surface area contributed by atoms with E-state index in [2.05, 4.69) is 5.32 Å². The summed E-state index contributed by atoms with van der Waals surface area (Å²) in [6, 6.07) is 23.8. The van der Waals surface area contributed by atoms with Gasteiger partial charge in [0.1, 0.15) is 17.5 Å². The summed E-state index contributed by atoms with van der Waals surface area (Å²) >= 11 is 6.43. The summed E-state index contributed by atoms with van der Waals surface area (Å²) in [6.45, 7) is 2.97. The number of benzene rings is 3. The van der Waals surface area contributed by atoms with E-state index in [0.717, 1.165) is 16.9 Å². The Morgan fingerprint density at radius 1 is 0.944 bits per heavy atom. The quantitative estimate of drug-likeness (QED) is 0.319. The Kier molecular flexibility index (Phi) is 10.6. The number of hydrogen-bond acceptors (Lipinski definition) is 4. The Hall–Kier alpha value is -3.51. The fourth-order valence-electron chi connectivity index (χ4n) is 3.89. The van der Waals surface area contributed by atoms with E-state index in [1.54, 1.807) is 18.1 Å². The Balaban J connectivity index is 1.75. The zero-order valence-corrected chi connectivity index (χ0v) is 21.5. The average Bonchev–Trinajstić information content (AvgIpc) is 2.90. The molecule has 0 fully saturated rings. The number of carbonyl (C=O) groups is 2. The second-order valence-corrected chi connectivity index (χ2v) is 8.75. The van der Waals surface area contributed by atoms with E-state index in [0.29, 0.717) is 36.8 Å². The summed E-state index contributed by atoms with van der Waals surface area (Å²) in [7, 11) is 1.61. The molecular weight excluding hydrogens is 476 g/mol. The van der Waals surface area contributed by atoms with Crippen LogP contribution in [0.4, 0.5) is 0 Å². The number of carbonyl (C=O) groups excluding carboxylic acids is 2. The summed E-state index contributed by atoms with van der Waals surface area (Å²) in [5.74, 6) is 1.15. The van der Waals surface area contributed by atoms with Crippen molar-refractivity contribution in [3.8, 4) is 11.5 Å². The van der Waals surface area contributed by atoms with Crippen molar-refractivity contribution in [2.45, 2.75) is 38.8 Å². The molecule has 3 aromatic carbocycles. The number of hydrogen-bond donors (Lipinski definition) is 1. The maximum atomic E-state index is 13.5. The van der Waals surface area contributed by atoms with Gasteiger partial charge >= 0.3 is 0 Å². The molecular formula is C29H33ClN2O4. The van der Waals surface area contributed by atoms with Crippen molar-refractivity contribution < 1.29 is 19.1 Å². The zero-order valence-electron chi connectivity index (χ0n) is 20.8. The third kappa shape index (κ3) is 8.02. The van der Waals surface area contributed by atoms with Gasteiger partial charge < -0.3 is 19.7 Å². The second-order valence-electron chi connectivity index (χ2n) is 8.34. The maximum absolute atomic E-state index is 13.5. The van der Waals surface area contributed by atoms with E-state index in [-0.39, 0.29) is 24.8 Å². The number of nitrogens with zero attached hydrogens (tertiary/aromatic N) is 1. The van der Waals surface area contributed by atoms with Gasteiger partial charge in [0.25, 0.3) is 0 Å². The molecule has 1 unspecified atom stereocenters. The van der Waals surface area contributed by atoms with Crippen LogP contribution in [0.3, 0.4) is 0 Å². The van der Waals surface area contributed by atoms with Crippen LogP contribution < -0.4 is 14.8 Å². The lowest BCUT2D eigenvalue weighted by molar-refractivity contribution is -0.141. The smallest absolute Gasteiger partial charge is 0.243 e. The van der Waals surface area contributed by atoms with Gasteiger partial charge in [0.2, 0.25) is 11.8 Å². The van der Waals surface area contributed by atoms with Crippen LogP contribution in [-0.2, 0) is 22.6 Å². The maximum Gasteiger partial charge on any atom is 0.243 e. The van der Waals surface area contributed by atoms with Crippen molar-refractivity contribution in [3.05, 3.63) is 95.0 Å². The number of methoxy groups -OCH3 is 1. The van der Waals surface area contributed by atoms with Gasteiger partial charge in [0.15, 0.2) is 0 Å².